The summed E-state index contributed by atoms with van der Waals surface area (Å²) in [4.78, 5) is 15.3. The van der Waals surface area contributed by atoms with Crippen LogP contribution in [0.4, 0.5) is 5.82 Å². The third kappa shape index (κ3) is 3.02. The molecular weight excluding hydrogens is 296 g/mol. The first-order valence-corrected chi connectivity index (χ1v) is 7.00. The maximum Gasteiger partial charge on any atom is 0.339 e. The number of carboxylic acids is 1. The second-order valence-corrected chi connectivity index (χ2v) is 5.82. The lowest BCUT2D eigenvalue weighted by molar-refractivity contribution is 0.0697. The van der Waals surface area contributed by atoms with E-state index in [1.807, 2.05) is 0 Å². The molecule has 4 nitrogen and oxygen atoms in total. The number of aromatic nitrogens is 1. The van der Waals surface area contributed by atoms with Gasteiger partial charge in [-0.05, 0) is 40.3 Å². The number of pyridine rings is 1. The molecule has 1 aromatic heterocycles. The standard InChI is InChI=1S/C13H17BrN2O2/c1-8-3-2-4-9(8)6-15-12-11(13(17)18)5-10(14)7-16-12/h5,7-9H,2-4,6H2,1H3,(H,15,16)(H,17,18). The highest BCUT2D eigenvalue weighted by Crippen LogP contribution is 2.31. The third-order valence-corrected chi connectivity index (χ3v) is 4.09. The van der Waals surface area contributed by atoms with Gasteiger partial charge in [-0.2, -0.15) is 0 Å². The Hall–Kier alpha value is -1.10. The Labute approximate surface area is 115 Å². The normalized spacial score (nSPS) is 23.0. The van der Waals surface area contributed by atoms with Crippen molar-refractivity contribution < 1.29 is 9.90 Å². The monoisotopic (exact) mass is 312 g/mol. The summed E-state index contributed by atoms with van der Waals surface area (Å²) >= 11 is 3.24. The molecule has 2 unspecified atom stereocenters. The molecule has 0 aromatic carbocycles. The minimum Gasteiger partial charge on any atom is -0.478 e. The molecule has 1 heterocycles. The second kappa shape index (κ2) is 5.69. The van der Waals surface area contributed by atoms with Crippen LogP contribution in [0.15, 0.2) is 16.7 Å². The first-order chi connectivity index (χ1) is 8.58. The van der Waals surface area contributed by atoms with Crippen LogP contribution < -0.4 is 5.32 Å². The van der Waals surface area contributed by atoms with E-state index in [0.717, 1.165) is 6.54 Å². The smallest absolute Gasteiger partial charge is 0.339 e. The molecule has 0 bridgehead atoms. The van der Waals surface area contributed by atoms with Gasteiger partial charge in [0.05, 0.1) is 0 Å². The molecule has 5 heteroatoms. The third-order valence-electron chi connectivity index (χ3n) is 3.66. The molecule has 1 aliphatic carbocycles. The summed E-state index contributed by atoms with van der Waals surface area (Å²) in [5.74, 6) is 0.842. The molecular formula is C13H17BrN2O2. The predicted molar refractivity (Wildman–Crippen MR) is 73.9 cm³/mol. The average molecular weight is 313 g/mol. The first kappa shape index (κ1) is 13.3. The molecule has 2 N–H and O–H groups in total. The lowest BCUT2D eigenvalue weighted by atomic mass is 9.98. The van der Waals surface area contributed by atoms with Crippen molar-refractivity contribution in [3.63, 3.8) is 0 Å². The van der Waals surface area contributed by atoms with E-state index >= 15 is 0 Å². The molecule has 1 saturated carbocycles. The number of rotatable bonds is 4. The van der Waals surface area contributed by atoms with E-state index in [-0.39, 0.29) is 5.56 Å². The van der Waals surface area contributed by atoms with Gasteiger partial charge in [-0.25, -0.2) is 9.78 Å². The Morgan fingerprint density at radius 3 is 3.00 bits per heavy atom. The summed E-state index contributed by atoms with van der Waals surface area (Å²) in [6.07, 6.45) is 5.37. The topological polar surface area (TPSA) is 62.2 Å². The van der Waals surface area contributed by atoms with Crippen LogP contribution in [0.5, 0.6) is 0 Å². The summed E-state index contributed by atoms with van der Waals surface area (Å²) in [5, 5.41) is 12.3. The minimum atomic E-state index is -0.953. The SMILES string of the molecule is CC1CCCC1CNc1ncc(Br)cc1C(=O)O. The highest BCUT2D eigenvalue weighted by atomic mass is 79.9. The number of hydrogen-bond donors (Lipinski definition) is 2. The lowest BCUT2D eigenvalue weighted by Gasteiger charge is -2.17. The number of carboxylic acid groups (broad SMARTS) is 1. The fourth-order valence-electron chi connectivity index (χ4n) is 2.50. The molecule has 1 aliphatic rings. The first-order valence-electron chi connectivity index (χ1n) is 6.20. The van der Waals surface area contributed by atoms with Crippen LogP contribution in [0.1, 0.15) is 36.5 Å². The fraction of sp³-hybridized carbons (Fsp3) is 0.538. The summed E-state index contributed by atoms with van der Waals surface area (Å²) in [6, 6.07) is 1.58. The van der Waals surface area contributed by atoms with Crippen LogP contribution in [-0.2, 0) is 0 Å². The summed E-state index contributed by atoms with van der Waals surface area (Å²) in [5.41, 5.74) is 0.218. The van der Waals surface area contributed by atoms with E-state index in [1.165, 1.54) is 19.3 Å². The summed E-state index contributed by atoms with van der Waals surface area (Å²) < 4.78 is 0.680. The van der Waals surface area contributed by atoms with E-state index in [1.54, 1.807) is 12.3 Å². The number of nitrogens with one attached hydrogen (secondary N) is 1. The van der Waals surface area contributed by atoms with Crippen molar-refractivity contribution in [3.8, 4) is 0 Å². The van der Waals surface area contributed by atoms with Gasteiger partial charge in [-0.1, -0.05) is 19.8 Å². The van der Waals surface area contributed by atoms with Gasteiger partial charge in [-0.3, -0.25) is 0 Å². The number of nitrogens with zero attached hydrogens (tertiary/aromatic N) is 1. The van der Waals surface area contributed by atoms with Crippen molar-refractivity contribution in [3.05, 3.63) is 22.3 Å². The lowest BCUT2D eigenvalue weighted by Crippen LogP contribution is -2.18. The van der Waals surface area contributed by atoms with Crippen molar-refractivity contribution in [2.75, 3.05) is 11.9 Å². The number of carbonyl (C=O) groups is 1. The summed E-state index contributed by atoms with van der Waals surface area (Å²) in [7, 11) is 0. The highest BCUT2D eigenvalue weighted by molar-refractivity contribution is 9.10. The molecule has 1 fully saturated rings. The molecule has 0 saturated heterocycles. The van der Waals surface area contributed by atoms with E-state index in [9.17, 15) is 4.79 Å². The van der Waals surface area contributed by atoms with E-state index in [2.05, 4.69) is 33.2 Å². The van der Waals surface area contributed by atoms with Crippen LogP contribution >= 0.6 is 15.9 Å². The molecule has 0 spiro atoms. The maximum absolute atomic E-state index is 11.1. The van der Waals surface area contributed by atoms with Gasteiger partial charge in [-0.15, -0.1) is 0 Å². The predicted octanol–water partition coefficient (Wildman–Crippen LogP) is 3.39. The van der Waals surface area contributed by atoms with Crippen molar-refractivity contribution in [1.82, 2.24) is 4.98 Å². The van der Waals surface area contributed by atoms with Crippen LogP contribution in [0.3, 0.4) is 0 Å². The minimum absolute atomic E-state index is 0.218. The number of halogens is 1. The number of anilines is 1. The molecule has 0 aliphatic heterocycles. The second-order valence-electron chi connectivity index (χ2n) is 4.90. The van der Waals surface area contributed by atoms with Gasteiger partial charge < -0.3 is 10.4 Å². The van der Waals surface area contributed by atoms with Crippen molar-refractivity contribution in [1.29, 1.82) is 0 Å². The van der Waals surface area contributed by atoms with Gasteiger partial charge in [0.2, 0.25) is 0 Å². The maximum atomic E-state index is 11.1. The van der Waals surface area contributed by atoms with Crippen molar-refractivity contribution in [2.24, 2.45) is 11.8 Å². The Morgan fingerprint density at radius 1 is 1.61 bits per heavy atom. The van der Waals surface area contributed by atoms with Gasteiger partial charge in [0.1, 0.15) is 11.4 Å². The van der Waals surface area contributed by atoms with Crippen molar-refractivity contribution >= 4 is 27.7 Å². The highest BCUT2D eigenvalue weighted by Gasteiger charge is 2.23. The molecule has 18 heavy (non-hydrogen) atoms. The van der Waals surface area contributed by atoms with Crippen LogP contribution in [0.2, 0.25) is 0 Å². The zero-order valence-corrected chi connectivity index (χ0v) is 11.9. The van der Waals surface area contributed by atoms with E-state index in [0.29, 0.717) is 22.1 Å². The largest absolute Gasteiger partial charge is 0.478 e. The quantitative estimate of drug-likeness (QED) is 0.894. The molecule has 0 radical (unpaired) electrons. The van der Waals surface area contributed by atoms with E-state index in [4.69, 9.17) is 5.11 Å². The van der Waals surface area contributed by atoms with Gasteiger partial charge in [0, 0.05) is 17.2 Å². The number of aromatic carboxylic acids is 1. The zero-order chi connectivity index (χ0) is 13.1. The Balaban J connectivity index is 2.06. The van der Waals surface area contributed by atoms with Crippen LogP contribution in [-0.4, -0.2) is 22.6 Å². The van der Waals surface area contributed by atoms with Gasteiger partial charge in [0.15, 0.2) is 0 Å². The Morgan fingerprint density at radius 2 is 2.39 bits per heavy atom. The molecule has 2 atom stereocenters. The van der Waals surface area contributed by atoms with E-state index < -0.39 is 5.97 Å². The van der Waals surface area contributed by atoms with Gasteiger partial charge >= 0.3 is 5.97 Å². The molecule has 98 valence electrons. The van der Waals surface area contributed by atoms with Crippen LogP contribution in [0.25, 0.3) is 0 Å². The molecule has 2 rings (SSSR count). The fourth-order valence-corrected chi connectivity index (χ4v) is 2.83. The average Bonchev–Trinajstić information content (AvgIpc) is 2.73. The summed E-state index contributed by atoms with van der Waals surface area (Å²) in [6.45, 7) is 3.06. The molecule has 1 aromatic rings. The Bertz CT molecular complexity index is 451. The van der Waals surface area contributed by atoms with Crippen molar-refractivity contribution in [2.45, 2.75) is 26.2 Å². The Kier molecular flexibility index (Phi) is 4.22. The van der Waals surface area contributed by atoms with Gasteiger partial charge in [0.25, 0.3) is 0 Å². The molecule has 0 amide bonds. The number of hydrogen-bond acceptors (Lipinski definition) is 3. The van der Waals surface area contributed by atoms with Crippen LogP contribution in [0, 0.1) is 11.8 Å². The zero-order valence-electron chi connectivity index (χ0n) is 10.3.